The van der Waals surface area contributed by atoms with Gasteiger partial charge in [-0.05, 0) is 103 Å². The zero-order valence-corrected chi connectivity index (χ0v) is 60.6. The van der Waals surface area contributed by atoms with Gasteiger partial charge in [0, 0.05) is 44.9 Å². The first-order chi connectivity index (χ1) is 51.0. The zero-order chi connectivity index (χ0) is 78.6. The van der Waals surface area contributed by atoms with Crippen LogP contribution < -0.4 is 24.2 Å². The molecule has 10 aromatic carbocycles. The van der Waals surface area contributed by atoms with Crippen LogP contribution >= 0.6 is 22.3 Å². The topological polar surface area (TPSA) is 333 Å². The van der Waals surface area contributed by atoms with Crippen LogP contribution in [-0.4, -0.2) is 81.9 Å². The molecule has 0 saturated heterocycles. The number of aromatic carboxylic acids is 1. The Bertz CT molecular complexity index is 4950. The van der Waals surface area contributed by atoms with Crippen molar-refractivity contribution in [1.29, 1.82) is 0 Å². The molecule has 0 aliphatic heterocycles. The number of alkyl halides is 1. The average Bonchev–Trinajstić information content (AvgIpc) is 0.759. The molecule has 0 fully saturated rings. The second-order valence-electron chi connectivity index (χ2n) is 22.0. The van der Waals surface area contributed by atoms with Crippen molar-refractivity contribution in [2.24, 2.45) is 0 Å². The Kier molecular flexibility index (Phi) is 34.4. The summed E-state index contributed by atoms with van der Waals surface area (Å²) in [4.78, 5) is 34.5. The normalized spacial score (nSPS) is 10.8. The highest BCUT2D eigenvalue weighted by Gasteiger charge is 2.34. The molecule has 10 rings (SSSR count). The number of hydrogen-bond donors (Lipinski definition) is 7. The number of hydrogen-bond acceptors (Lipinski definition) is 18. The van der Waals surface area contributed by atoms with E-state index in [9.17, 15) is 67.4 Å². The molecule has 0 atom stereocenters. The van der Waals surface area contributed by atoms with Gasteiger partial charge in [0.05, 0.1) is 77.6 Å². The van der Waals surface area contributed by atoms with Crippen LogP contribution in [0.1, 0.15) is 96.9 Å². The largest absolute Gasteiger partial charge is 0.491 e. The first-order valence-corrected chi connectivity index (χ1v) is 37.3. The van der Waals surface area contributed by atoms with E-state index in [4.69, 9.17) is 62.3 Å². The minimum Gasteiger partial charge on any atom is -0.491 e. The van der Waals surface area contributed by atoms with Crippen LogP contribution in [0.4, 0.5) is 43.4 Å². The summed E-state index contributed by atoms with van der Waals surface area (Å²) in [6.07, 6.45) is 0. The fourth-order valence-corrected chi connectivity index (χ4v) is 12.9. The number of aliphatic hydroxyl groups excluding tert-OH is 4. The van der Waals surface area contributed by atoms with Crippen molar-refractivity contribution in [3.63, 3.8) is 0 Å². The third kappa shape index (κ3) is 24.5. The molecule has 0 aliphatic carbocycles. The monoisotopic (exact) mass is 1600 g/mol. The number of nitrogen functional groups attached to an aromatic ring is 1. The number of halogens is 8. The van der Waals surface area contributed by atoms with Crippen molar-refractivity contribution in [2.75, 3.05) is 28.0 Å². The molecule has 108 heavy (non-hydrogen) atoms. The summed E-state index contributed by atoms with van der Waals surface area (Å²) in [7, 11) is -7.80. The van der Waals surface area contributed by atoms with E-state index in [1.54, 1.807) is 73.2 Å². The van der Waals surface area contributed by atoms with Gasteiger partial charge in [0.2, 0.25) is 0 Å². The Balaban J connectivity index is 0.000000263. The molecule has 0 aliphatic rings. The number of benzene rings is 10. The van der Waals surface area contributed by atoms with Gasteiger partial charge in [-0.25, -0.2) is 66.0 Å². The smallest absolute Gasteiger partial charge is 0.338 e. The molecule has 0 heterocycles. The van der Waals surface area contributed by atoms with Gasteiger partial charge in [0.1, 0.15) is 30.3 Å². The van der Waals surface area contributed by atoms with Gasteiger partial charge in [-0.2, -0.15) is 0 Å². The number of nitrogens with one attached hydrogen (secondary N) is 1. The maximum Gasteiger partial charge on any atom is 0.338 e. The molecule has 8 N–H and O–H groups in total. The van der Waals surface area contributed by atoms with Crippen molar-refractivity contribution < 1.29 is 110 Å². The fraction of sp³-hybridized carbons (Fsp3) is 0.171. The Morgan fingerprint density at radius 2 is 0.824 bits per heavy atom. The lowest BCUT2D eigenvalue weighted by atomic mass is 10.1. The number of sulfonamides is 2. The second kappa shape index (κ2) is 42.1. The minimum absolute atomic E-state index is 0. The number of esters is 2. The Morgan fingerprint density at radius 3 is 1.20 bits per heavy atom. The molecule has 21 nitrogen and oxygen atoms in total. The number of carbonyl (C=O) groups is 3. The zero-order valence-electron chi connectivity index (χ0n) is 56.6. The highest BCUT2D eigenvalue weighted by molar-refractivity contribution is 8.13. The second-order valence-corrected chi connectivity index (χ2v) is 28.3. The quantitative estimate of drug-likeness (QED) is 0.00919. The fourth-order valence-electron chi connectivity index (χ4n) is 9.28. The first kappa shape index (κ1) is 88.1. The van der Waals surface area contributed by atoms with Gasteiger partial charge in [-0.15, -0.1) is 11.6 Å². The number of carbonyl (C=O) groups excluding carboxylic acids is 2. The lowest BCUT2D eigenvalue weighted by Gasteiger charge is -2.27. The molecule has 0 radical (unpaired) electrons. The van der Waals surface area contributed by atoms with E-state index in [-0.39, 0.29) is 89.2 Å². The van der Waals surface area contributed by atoms with Crippen molar-refractivity contribution in [3.05, 3.63) is 308 Å². The highest BCUT2D eigenvalue weighted by Crippen LogP contribution is 2.38. The standard InChI is InChI=1S/C29H25F2NO6S.C17H17F2NO6S.C14H11ClO4S.C8H9F2NO2.C7H7Cl.CH4/c30-26-23(17-33)14-24(18-34)27(31)28(26)32(16-20-8-3-1-4-9-20)39(36,37)25-13-7-12-22(15-25)29(35)38-19-21-10-5-2-6-11-21;1-3-25-12-9-13(26-4-2)15(19)16(14(12)18)20-27(23,24)11-7-5-6-10(8-11)17(21)22;15-20(17,18)13-8-4-7-12(9-13)14(16)19-10-11-5-2-1-3-6-11;9-6-4(2-12)1-5(3-13)7(10)8(6)11;8-6-7-4-2-1-3-5-7;/h1-15,33-34H,16-19H2;5-9,20H,3-4H2,1-2H3,(H,21,22);1-9H,10H2;1,12-13H,2-3,11H2;1-5H,6H2;1H4. The van der Waals surface area contributed by atoms with Crippen LogP contribution in [0.3, 0.4) is 0 Å². The predicted octanol–water partition coefficient (Wildman–Crippen LogP) is 14.5. The molecule has 574 valence electrons. The predicted molar refractivity (Wildman–Crippen MR) is 393 cm³/mol. The van der Waals surface area contributed by atoms with E-state index in [2.05, 4.69) is 0 Å². The SMILES string of the molecule is C.CCOc1cc(OCC)c(F)c(NS(=O)(=O)c2cccc(C(=O)O)c2)c1F.ClCc1ccccc1.Nc1c(F)c(CO)cc(CO)c1F.O=C(OCc1ccccc1)c1cccc(S(=O)(=O)Cl)c1.O=C(OCc1ccccc1)c1cccc(S(=O)(=O)N(Cc2ccccc2)c2c(F)c(CO)cc(CO)c2F)c1. The molecular weight excluding hydrogens is 1520 g/mol. The molecule has 0 spiro atoms. The molecule has 0 bridgehead atoms. The summed E-state index contributed by atoms with van der Waals surface area (Å²) >= 11 is 5.53. The van der Waals surface area contributed by atoms with Gasteiger partial charge < -0.3 is 50.2 Å². The van der Waals surface area contributed by atoms with E-state index in [0.717, 1.165) is 47.5 Å². The lowest BCUT2D eigenvalue weighted by Crippen LogP contribution is -2.33. The Hall–Kier alpha value is -10.5. The van der Waals surface area contributed by atoms with Gasteiger partial charge in [-0.1, -0.05) is 147 Å². The van der Waals surface area contributed by atoms with Crippen LogP contribution in [0.15, 0.2) is 227 Å². The lowest BCUT2D eigenvalue weighted by molar-refractivity contribution is 0.0463. The summed E-state index contributed by atoms with van der Waals surface area (Å²) in [5.41, 5.74) is 4.38. The van der Waals surface area contributed by atoms with Crippen LogP contribution in [0.2, 0.25) is 0 Å². The molecule has 0 saturated carbocycles. The molecule has 10 aromatic rings. The first-order valence-electron chi connectivity index (χ1n) is 31.5. The number of anilines is 3. The number of nitrogens with zero attached hydrogens (tertiary/aromatic N) is 1. The molecule has 0 amide bonds. The summed E-state index contributed by atoms with van der Waals surface area (Å²) in [6, 6.07) is 53.9. The molecule has 32 heteroatoms. The summed E-state index contributed by atoms with van der Waals surface area (Å²) in [5, 5.41) is 45.5. The van der Waals surface area contributed by atoms with Crippen LogP contribution in [0.25, 0.3) is 0 Å². The number of aliphatic hydroxyl groups is 4. The van der Waals surface area contributed by atoms with Crippen molar-refractivity contribution >= 4 is 86.4 Å². The van der Waals surface area contributed by atoms with Crippen LogP contribution in [0.5, 0.6) is 11.5 Å². The molecule has 0 unspecified atom stereocenters. The summed E-state index contributed by atoms with van der Waals surface area (Å²) in [6.45, 7) is 0.00750. The summed E-state index contributed by atoms with van der Waals surface area (Å²) < 4.78 is 184. The maximum atomic E-state index is 15.5. The minimum atomic E-state index is -4.69. The average molecular weight is 1600 g/mol. The molecular formula is C76H73Cl2F6N3O18S3. The molecule has 0 aromatic heterocycles. The van der Waals surface area contributed by atoms with Gasteiger partial charge >= 0.3 is 17.9 Å². The van der Waals surface area contributed by atoms with Crippen LogP contribution in [-0.2, 0) is 90.6 Å². The van der Waals surface area contributed by atoms with Crippen molar-refractivity contribution in [3.8, 4) is 11.5 Å². The number of rotatable bonds is 25. The van der Waals surface area contributed by atoms with E-state index in [1.165, 1.54) is 60.2 Å². The van der Waals surface area contributed by atoms with Gasteiger partial charge in [0.25, 0.3) is 29.1 Å². The van der Waals surface area contributed by atoms with Crippen molar-refractivity contribution in [1.82, 2.24) is 0 Å². The Morgan fingerprint density at radius 1 is 0.463 bits per heavy atom. The number of carboxylic acids is 1. The number of nitrogens with two attached hydrogens (primary N) is 1. The van der Waals surface area contributed by atoms with E-state index >= 15 is 8.78 Å². The van der Waals surface area contributed by atoms with E-state index in [1.807, 2.05) is 66.7 Å². The highest BCUT2D eigenvalue weighted by atomic mass is 35.7. The number of ether oxygens (including phenoxy) is 4. The third-order valence-electron chi connectivity index (χ3n) is 14.6. The van der Waals surface area contributed by atoms with Crippen molar-refractivity contribution in [2.45, 2.75) is 88.0 Å². The summed E-state index contributed by atoms with van der Waals surface area (Å²) in [5.74, 6) is -9.93. The van der Waals surface area contributed by atoms with Gasteiger partial charge in [0.15, 0.2) is 46.4 Å². The van der Waals surface area contributed by atoms with Crippen LogP contribution in [0, 0.1) is 34.9 Å². The van der Waals surface area contributed by atoms with E-state index in [0.29, 0.717) is 15.7 Å². The van der Waals surface area contributed by atoms with E-state index < -0.39 is 142 Å². The maximum absolute atomic E-state index is 15.5. The third-order valence-corrected chi connectivity index (χ3v) is 19.4. The Labute approximate surface area is 629 Å². The number of carboxylic acid groups (broad SMARTS) is 1. The van der Waals surface area contributed by atoms with Gasteiger partial charge in [-0.3, -0.25) is 9.03 Å².